The van der Waals surface area contributed by atoms with Crippen LogP contribution in [0.15, 0.2) is 0 Å². The maximum Gasteiger partial charge on any atom is 0.0689 e. The van der Waals surface area contributed by atoms with Crippen LogP contribution in [0.25, 0.3) is 0 Å². The van der Waals surface area contributed by atoms with Crippen LogP contribution >= 0.6 is 0 Å². The second kappa shape index (κ2) is 10.2. The van der Waals surface area contributed by atoms with Gasteiger partial charge in [0.15, 0.2) is 0 Å². The normalized spacial score (nSPS) is 5.33. The van der Waals surface area contributed by atoms with Crippen LogP contribution in [0.3, 0.4) is 0 Å². The Labute approximate surface area is 63.8 Å². The average Bonchev–Trinajstić information content (AvgIpc) is 1.25. The average molecular weight is 321 g/mol. The van der Waals surface area contributed by atoms with Crippen molar-refractivity contribution in [3.8, 4) is 0 Å². The van der Waals surface area contributed by atoms with E-state index in [-0.39, 0.29) is 22.4 Å². The molecule has 0 amide bonds. The quantitative estimate of drug-likeness (QED) is 0.336. The fraction of sp³-hybridized carbons (Fsp3) is 0. The molecule has 0 heterocycles. The van der Waals surface area contributed by atoms with Crippen molar-refractivity contribution in [1.29, 1.82) is 0 Å². The molecule has 0 aliphatic heterocycles. The van der Waals surface area contributed by atoms with Crippen LogP contribution in [0, 0.1) is 30.6 Å². The Morgan fingerprint density at radius 3 is 0.778 bits per heavy atom. The van der Waals surface area contributed by atoms with Crippen molar-refractivity contribution < 1.29 is 32.6 Å². The summed E-state index contributed by atoms with van der Waals surface area (Å²) in [5, 5.41) is 29.5. The van der Waals surface area contributed by atoms with Gasteiger partial charge >= 0.3 is 0 Å². The molecule has 1 radical (unpaired) electrons. The summed E-state index contributed by atoms with van der Waals surface area (Å²) in [5.41, 5.74) is 0. The largest absolute Gasteiger partial charge is 0.356 e. The topological polar surface area (TPSA) is 132 Å². The minimum Gasteiger partial charge on any atom is -0.356 e. The summed E-state index contributed by atoms with van der Waals surface area (Å²) in [5.74, 6) is 0. The maximum atomic E-state index is 8.25. The number of hydrogen-bond acceptors (Lipinski definition) is 6. The summed E-state index contributed by atoms with van der Waals surface area (Å²) in [6.07, 6.45) is 0. The Morgan fingerprint density at radius 2 is 0.778 bits per heavy atom. The molecule has 8 nitrogen and oxygen atoms in total. The second-order valence-electron chi connectivity index (χ2n) is 0.447. The third-order valence-corrected chi connectivity index (χ3v) is 0. The van der Waals surface area contributed by atoms with E-state index in [4.69, 9.17) is 30.6 Å². The van der Waals surface area contributed by atoms with E-state index in [0.29, 0.717) is 0 Å². The van der Waals surface area contributed by atoms with Crippen molar-refractivity contribution >= 4 is 0 Å². The molecule has 9 heteroatoms. The van der Waals surface area contributed by atoms with Gasteiger partial charge in [-0.15, -0.1) is 0 Å². The van der Waals surface area contributed by atoms with Gasteiger partial charge in [0.05, 0.1) is 10.2 Å². The van der Waals surface area contributed by atoms with E-state index >= 15 is 0 Å². The molecule has 0 bridgehead atoms. The summed E-state index contributed by atoms with van der Waals surface area (Å²) >= 11 is 0. The second-order valence-corrected chi connectivity index (χ2v) is 0.447. The third-order valence-electron chi connectivity index (χ3n) is 0. The van der Waals surface area contributed by atoms with Crippen molar-refractivity contribution in [2.75, 3.05) is 0 Å². The molecule has 0 fully saturated rings. The van der Waals surface area contributed by atoms with E-state index in [0.717, 1.165) is 0 Å². The molecule has 0 spiro atoms. The molecule has 0 atom stereocenters. The zero-order chi connectivity index (χ0) is 7.15. The molecule has 0 N–H and O–H groups in total. The van der Waals surface area contributed by atoms with E-state index in [1.54, 1.807) is 0 Å². The molecule has 0 aromatic carbocycles. The first-order valence-corrected chi connectivity index (χ1v) is 1.10. The van der Waals surface area contributed by atoms with Crippen LogP contribution in [0.2, 0.25) is 0 Å². The molecule has 0 aromatic heterocycles. The van der Waals surface area contributed by atoms with Crippen LogP contribution in [0.1, 0.15) is 0 Å². The molecular weight excluding hydrogens is 321 g/mol. The van der Waals surface area contributed by atoms with E-state index in [1.165, 1.54) is 0 Å². The predicted octanol–water partition coefficient (Wildman–Crippen LogP) is -0.481. The molecule has 0 aliphatic rings. The zero-order valence-corrected chi connectivity index (χ0v) is 5.81. The molecular formula is AuN2O6-2. The van der Waals surface area contributed by atoms with E-state index in [1.807, 2.05) is 0 Å². The fourth-order valence-electron chi connectivity index (χ4n) is 0. The number of nitrogens with zero attached hydrogens (tertiary/aromatic N) is 2. The van der Waals surface area contributed by atoms with Gasteiger partial charge in [0, 0.05) is 22.4 Å². The SMILES string of the molecule is O=[N+]([O-])[O-].O=[N+]([O-])[O-].[Au]. The van der Waals surface area contributed by atoms with Crippen molar-refractivity contribution in [3.63, 3.8) is 0 Å². The van der Waals surface area contributed by atoms with Crippen LogP contribution in [-0.2, 0) is 22.4 Å². The fourth-order valence-corrected chi connectivity index (χ4v) is 0. The van der Waals surface area contributed by atoms with Gasteiger partial charge in [0.1, 0.15) is 0 Å². The zero-order valence-electron chi connectivity index (χ0n) is 3.65. The van der Waals surface area contributed by atoms with Gasteiger partial charge in [-0.25, -0.2) is 0 Å². The van der Waals surface area contributed by atoms with Gasteiger partial charge in [-0.1, -0.05) is 0 Å². The molecule has 9 heavy (non-hydrogen) atoms. The molecule has 0 saturated heterocycles. The first-order valence-electron chi connectivity index (χ1n) is 1.10. The van der Waals surface area contributed by atoms with E-state index in [9.17, 15) is 0 Å². The Hall–Kier alpha value is -0.860. The Bertz CT molecular complexity index is 69.1. The van der Waals surface area contributed by atoms with Crippen LogP contribution in [0.5, 0.6) is 0 Å². The minimum atomic E-state index is -1.75. The van der Waals surface area contributed by atoms with Crippen LogP contribution in [-0.4, -0.2) is 10.2 Å². The molecule has 0 aliphatic carbocycles. The van der Waals surface area contributed by atoms with Gasteiger partial charge in [-0.3, -0.25) is 0 Å². The van der Waals surface area contributed by atoms with Crippen molar-refractivity contribution in [1.82, 2.24) is 0 Å². The monoisotopic (exact) mass is 321 g/mol. The predicted molar refractivity (Wildman–Crippen MR) is 20.7 cm³/mol. The molecule has 0 unspecified atom stereocenters. The third kappa shape index (κ3) is 255. The molecule has 59 valence electrons. The van der Waals surface area contributed by atoms with Gasteiger partial charge in [-0.05, 0) is 0 Å². The Kier molecular flexibility index (Phi) is 17.8. The standard InChI is InChI=1S/Au.2NO3/c;2*2-1(3)4/q;2*-1. The summed E-state index contributed by atoms with van der Waals surface area (Å²) in [6, 6.07) is 0. The van der Waals surface area contributed by atoms with Gasteiger partial charge < -0.3 is 30.6 Å². The summed E-state index contributed by atoms with van der Waals surface area (Å²) in [6.45, 7) is 0. The number of hydrogen-bond donors (Lipinski definition) is 0. The maximum absolute atomic E-state index is 8.25. The van der Waals surface area contributed by atoms with E-state index < -0.39 is 10.2 Å². The van der Waals surface area contributed by atoms with Crippen molar-refractivity contribution in [2.24, 2.45) is 0 Å². The van der Waals surface area contributed by atoms with Gasteiger partial charge in [-0.2, -0.15) is 0 Å². The van der Waals surface area contributed by atoms with Gasteiger partial charge in [0.25, 0.3) is 0 Å². The first-order chi connectivity index (χ1) is 3.46. The minimum absolute atomic E-state index is 0. The smallest absolute Gasteiger partial charge is 0.0689 e. The summed E-state index contributed by atoms with van der Waals surface area (Å²) in [7, 11) is 0. The summed E-state index contributed by atoms with van der Waals surface area (Å²) < 4.78 is 0. The first kappa shape index (κ1) is 15.7. The Morgan fingerprint density at radius 1 is 0.778 bits per heavy atom. The van der Waals surface area contributed by atoms with Crippen LogP contribution in [0.4, 0.5) is 0 Å². The molecule has 0 saturated carbocycles. The molecule has 0 rings (SSSR count). The van der Waals surface area contributed by atoms with Crippen LogP contribution < -0.4 is 0 Å². The van der Waals surface area contributed by atoms with Crippen molar-refractivity contribution in [3.05, 3.63) is 30.6 Å². The van der Waals surface area contributed by atoms with E-state index in [2.05, 4.69) is 0 Å². The Balaban J connectivity index is -0.0000000720. The molecule has 0 aromatic rings. The summed E-state index contributed by atoms with van der Waals surface area (Å²) in [4.78, 5) is 16.5. The van der Waals surface area contributed by atoms with Gasteiger partial charge in [0.2, 0.25) is 0 Å². The van der Waals surface area contributed by atoms with Crippen molar-refractivity contribution in [2.45, 2.75) is 0 Å². The number of rotatable bonds is 0.